The van der Waals surface area contributed by atoms with Crippen molar-refractivity contribution in [2.45, 2.75) is 231 Å². The monoisotopic (exact) mass is 839 g/mol. The van der Waals surface area contributed by atoms with Crippen LogP contribution in [0.1, 0.15) is 219 Å². The number of aliphatic hydroxyl groups is 1. The number of aliphatic hydroxyl groups excluding tert-OH is 1. The number of hydrogen-bond donors (Lipinski definition) is 2. The highest BCUT2D eigenvalue weighted by atomic mass is 31.2. The van der Waals surface area contributed by atoms with E-state index in [9.17, 15) is 19.4 Å². The maximum atomic E-state index is 12.8. The molecule has 0 aromatic heterocycles. The van der Waals surface area contributed by atoms with Crippen molar-refractivity contribution in [3.05, 3.63) is 36.5 Å². The van der Waals surface area contributed by atoms with Crippen LogP contribution in [0.5, 0.6) is 0 Å². The number of phosphoric acid groups is 1. The van der Waals surface area contributed by atoms with Crippen LogP contribution in [0.25, 0.3) is 0 Å². The van der Waals surface area contributed by atoms with Gasteiger partial charge in [0.05, 0.1) is 39.9 Å². The minimum Gasteiger partial charge on any atom is -0.756 e. The van der Waals surface area contributed by atoms with E-state index in [2.05, 4.69) is 43.5 Å². The lowest BCUT2D eigenvalue weighted by Gasteiger charge is -2.29. The van der Waals surface area contributed by atoms with E-state index in [1.807, 2.05) is 27.2 Å². The molecule has 2 N–H and O–H groups in total. The number of hydrogen-bond acceptors (Lipinski definition) is 6. The molecular formula is C49H95N2O6P. The molecule has 58 heavy (non-hydrogen) atoms. The minimum absolute atomic E-state index is 0.00804. The molecule has 0 bridgehead atoms. The van der Waals surface area contributed by atoms with Gasteiger partial charge in [0, 0.05) is 6.42 Å². The summed E-state index contributed by atoms with van der Waals surface area (Å²) in [5, 5.41) is 13.7. The van der Waals surface area contributed by atoms with Crippen molar-refractivity contribution in [2.75, 3.05) is 40.9 Å². The molecule has 0 aliphatic heterocycles. The van der Waals surface area contributed by atoms with Crippen LogP contribution in [0.2, 0.25) is 0 Å². The van der Waals surface area contributed by atoms with Crippen molar-refractivity contribution in [1.82, 2.24) is 5.32 Å². The molecule has 3 atom stereocenters. The highest BCUT2D eigenvalue weighted by Gasteiger charge is 2.23. The SMILES string of the molecule is CCCCCCCCCCCCCCCCCC/C=C/CC/C=C/CC/C=C/C(O)C(COP(=O)([O-])OCC[N+](C)(C)C)NC(=O)CCCCCCCCCCCC. The van der Waals surface area contributed by atoms with E-state index in [0.29, 0.717) is 17.4 Å². The molecule has 0 aliphatic carbocycles. The number of allylic oxidation sites excluding steroid dienone is 5. The first-order valence-corrected chi connectivity index (χ1v) is 25.8. The number of carbonyl (C=O) groups excluding carboxylic acids is 1. The summed E-state index contributed by atoms with van der Waals surface area (Å²) in [7, 11) is 1.24. The average Bonchev–Trinajstić information content (AvgIpc) is 3.17. The third-order valence-corrected chi connectivity index (χ3v) is 11.8. The van der Waals surface area contributed by atoms with E-state index in [0.717, 1.165) is 44.9 Å². The van der Waals surface area contributed by atoms with Gasteiger partial charge in [-0.25, -0.2) is 0 Å². The molecule has 0 radical (unpaired) electrons. The fourth-order valence-corrected chi connectivity index (χ4v) is 7.67. The average molecular weight is 839 g/mol. The van der Waals surface area contributed by atoms with E-state index in [1.165, 1.54) is 154 Å². The summed E-state index contributed by atoms with van der Waals surface area (Å²) in [4.78, 5) is 25.2. The van der Waals surface area contributed by atoms with Gasteiger partial charge < -0.3 is 28.8 Å². The highest BCUT2D eigenvalue weighted by molar-refractivity contribution is 7.45. The van der Waals surface area contributed by atoms with Crippen molar-refractivity contribution < 1.29 is 32.9 Å². The second-order valence-corrected chi connectivity index (χ2v) is 19.2. The Kier molecular flexibility index (Phi) is 40.2. The number of carbonyl (C=O) groups is 1. The topological polar surface area (TPSA) is 108 Å². The molecule has 342 valence electrons. The van der Waals surface area contributed by atoms with Gasteiger partial charge in [0.25, 0.3) is 7.82 Å². The molecule has 0 rings (SSSR count). The smallest absolute Gasteiger partial charge is 0.268 e. The molecule has 0 saturated carbocycles. The minimum atomic E-state index is -4.59. The van der Waals surface area contributed by atoms with Crippen LogP contribution >= 0.6 is 7.82 Å². The predicted molar refractivity (Wildman–Crippen MR) is 247 cm³/mol. The van der Waals surface area contributed by atoms with Crippen molar-refractivity contribution in [1.29, 1.82) is 0 Å². The quantitative estimate of drug-likeness (QED) is 0.0274. The second kappa shape index (κ2) is 41.1. The highest BCUT2D eigenvalue weighted by Crippen LogP contribution is 2.38. The molecule has 0 fully saturated rings. The van der Waals surface area contributed by atoms with Gasteiger partial charge in [0.2, 0.25) is 5.91 Å². The largest absolute Gasteiger partial charge is 0.756 e. The molecule has 0 heterocycles. The molecule has 0 aromatic rings. The number of quaternary nitrogens is 1. The van der Waals surface area contributed by atoms with Gasteiger partial charge in [0.1, 0.15) is 13.2 Å². The van der Waals surface area contributed by atoms with E-state index < -0.39 is 26.6 Å². The van der Waals surface area contributed by atoms with Crippen LogP contribution in [-0.2, 0) is 18.4 Å². The third-order valence-electron chi connectivity index (χ3n) is 10.8. The molecule has 0 aliphatic rings. The molecule has 9 heteroatoms. The number of amides is 1. The van der Waals surface area contributed by atoms with Crippen LogP contribution in [0.3, 0.4) is 0 Å². The Balaban J connectivity index is 4.29. The second-order valence-electron chi connectivity index (χ2n) is 17.8. The summed E-state index contributed by atoms with van der Waals surface area (Å²) in [6.07, 6.45) is 50.8. The predicted octanol–water partition coefficient (Wildman–Crippen LogP) is 13.2. The van der Waals surface area contributed by atoms with Gasteiger partial charge in [0.15, 0.2) is 0 Å². The van der Waals surface area contributed by atoms with Crippen molar-refractivity contribution in [2.24, 2.45) is 0 Å². The van der Waals surface area contributed by atoms with Crippen LogP contribution in [0, 0.1) is 0 Å². The van der Waals surface area contributed by atoms with Gasteiger partial charge in [-0.2, -0.15) is 0 Å². The van der Waals surface area contributed by atoms with Crippen LogP contribution in [0.15, 0.2) is 36.5 Å². The van der Waals surface area contributed by atoms with Gasteiger partial charge >= 0.3 is 0 Å². The third kappa shape index (κ3) is 42.8. The number of phosphoric ester groups is 1. The summed E-state index contributed by atoms with van der Waals surface area (Å²) >= 11 is 0. The van der Waals surface area contributed by atoms with E-state index in [4.69, 9.17) is 9.05 Å². The summed E-state index contributed by atoms with van der Waals surface area (Å²) in [5.41, 5.74) is 0. The Morgan fingerprint density at radius 3 is 1.40 bits per heavy atom. The summed E-state index contributed by atoms with van der Waals surface area (Å²) < 4.78 is 23.2. The Morgan fingerprint density at radius 2 is 0.966 bits per heavy atom. The molecule has 0 aromatic carbocycles. The first-order chi connectivity index (χ1) is 28.0. The number of nitrogens with one attached hydrogen (secondary N) is 1. The summed E-state index contributed by atoms with van der Waals surface area (Å²) in [6.45, 7) is 4.61. The fourth-order valence-electron chi connectivity index (χ4n) is 6.95. The lowest BCUT2D eigenvalue weighted by atomic mass is 10.0. The molecule has 1 amide bonds. The zero-order chi connectivity index (χ0) is 42.8. The van der Waals surface area contributed by atoms with Crippen LogP contribution in [-0.4, -0.2) is 68.5 Å². The zero-order valence-corrected chi connectivity index (χ0v) is 39.6. The van der Waals surface area contributed by atoms with Gasteiger partial charge in [-0.1, -0.05) is 204 Å². The molecule has 0 spiro atoms. The molecule has 3 unspecified atom stereocenters. The molecular weight excluding hydrogens is 744 g/mol. The van der Waals surface area contributed by atoms with Gasteiger partial charge in [-0.15, -0.1) is 0 Å². The lowest BCUT2D eigenvalue weighted by Crippen LogP contribution is -2.45. The number of unbranched alkanes of at least 4 members (excludes halogenated alkanes) is 27. The van der Waals surface area contributed by atoms with Crippen LogP contribution < -0.4 is 10.2 Å². The lowest BCUT2D eigenvalue weighted by molar-refractivity contribution is -0.870. The van der Waals surface area contributed by atoms with Crippen molar-refractivity contribution in [3.8, 4) is 0 Å². The van der Waals surface area contributed by atoms with Crippen molar-refractivity contribution in [3.63, 3.8) is 0 Å². The summed E-state index contributed by atoms with van der Waals surface area (Å²) in [5.74, 6) is -0.214. The standard InChI is InChI=1S/C49H95N2O6P/c1-6-8-10-12-14-16-18-19-20-21-22-23-24-25-26-27-28-29-30-31-32-33-34-36-38-40-42-48(52)47(46-57-58(54,55)56-45-44-51(3,4)5)50-49(53)43-41-39-37-35-17-15-13-11-9-7-2/h29-30,33-34,40,42,47-48,52H,6-28,31-32,35-39,41,43-46H2,1-5H3,(H-,50,53,54,55)/b30-29+,34-33+,42-40+. The first-order valence-electron chi connectivity index (χ1n) is 24.4. The first kappa shape index (κ1) is 56.7. The normalized spacial score (nSPS) is 14.5. The fraction of sp³-hybridized carbons (Fsp3) is 0.857. The van der Waals surface area contributed by atoms with Crippen LogP contribution in [0.4, 0.5) is 0 Å². The maximum Gasteiger partial charge on any atom is 0.268 e. The Morgan fingerprint density at radius 1 is 0.586 bits per heavy atom. The maximum absolute atomic E-state index is 12.8. The van der Waals surface area contributed by atoms with Crippen molar-refractivity contribution >= 4 is 13.7 Å². The van der Waals surface area contributed by atoms with E-state index in [1.54, 1.807) is 6.08 Å². The Hall–Kier alpha value is -1.28. The molecule has 8 nitrogen and oxygen atoms in total. The zero-order valence-electron chi connectivity index (χ0n) is 38.8. The Bertz CT molecular complexity index is 1040. The van der Waals surface area contributed by atoms with Gasteiger partial charge in [-0.3, -0.25) is 9.36 Å². The Labute approximate surface area is 359 Å². The molecule has 0 saturated heterocycles. The number of likely N-dealkylation sites (N-methyl/N-ethyl adjacent to an activating group) is 1. The summed E-state index contributed by atoms with van der Waals surface area (Å²) in [6, 6.07) is -0.905. The number of nitrogens with zero attached hydrogens (tertiary/aromatic N) is 1. The van der Waals surface area contributed by atoms with Gasteiger partial charge in [-0.05, 0) is 44.9 Å². The van der Waals surface area contributed by atoms with E-state index >= 15 is 0 Å². The van der Waals surface area contributed by atoms with E-state index in [-0.39, 0.29) is 12.5 Å². The number of rotatable bonds is 44.